The highest BCUT2D eigenvalue weighted by atomic mass is 19.4. The van der Waals surface area contributed by atoms with E-state index in [4.69, 9.17) is 0 Å². The Bertz CT molecular complexity index is 486. The van der Waals surface area contributed by atoms with Crippen LogP contribution < -0.4 is 5.32 Å². The van der Waals surface area contributed by atoms with Crippen molar-refractivity contribution < 1.29 is 23.1 Å². The highest BCUT2D eigenvalue weighted by Crippen LogP contribution is 2.14. The molecule has 1 aliphatic rings. The van der Waals surface area contributed by atoms with Gasteiger partial charge >= 0.3 is 12.1 Å². The van der Waals surface area contributed by atoms with Crippen LogP contribution >= 0.6 is 0 Å². The quantitative estimate of drug-likeness (QED) is 0.740. The number of alkyl halides is 3. The number of allylic oxidation sites excluding steroid dienone is 1. The Labute approximate surface area is 108 Å². The summed E-state index contributed by atoms with van der Waals surface area (Å²) in [6.45, 7) is -0.337. The second-order valence-electron chi connectivity index (χ2n) is 3.85. The van der Waals surface area contributed by atoms with Crippen molar-refractivity contribution in [2.75, 3.05) is 6.54 Å². The van der Waals surface area contributed by atoms with Crippen molar-refractivity contribution in [1.29, 1.82) is 0 Å². The van der Waals surface area contributed by atoms with Crippen molar-refractivity contribution in [3.8, 4) is 23.7 Å². The Balaban J connectivity index is 2.68. The van der Waals surface area contributed by atoms with Gasteiger partial charge in [-0.2, -0.15) is 13.2 Å². The lowest BCUT2D eigenvalue weighted by Gasteiger charge is -2.07. The Morgan fingerprint density at radius 2 is 2.26 bits per heavy atom. The Hall–Kier alpha value is -1.92. The first kappa shape index (κ1) is 15.1. The van der Waals surface area contributed by atoms with Crippen molar-refractivity contribution >= 4 is 5.91 Å². The van der Waals surface area contributed by atoms with E-state index in [1.54, 1.807) is 5.32 Å². The van der Waals surface area contributed by atoms with Gasteiger partial charge in [-0.05, 0) is 12.8 Å². The lowest BCUT2D eigenvalue weighted by molar-refractivity contribution is -0.173. The number of hydrogen-bond donors (Lipinski definition) is 2. The first-order valence-corrected chi connectivity index (χ1v) is 5.61. The largest absolute Gasteiger partial charge is 0.471 e. The van der Waals surface area contributed by atoms with Gasteiger partial charge in [-0.1, -0.05) is 23.7 Å². The van der Waals surface area contributed by atoms with E-state index in [0.29, 0.717) is 19.3 Å². The first-order valence-electron chi connectivity index (χ1n) is 5.61. The number of carbonyl (C=O) groups excluding carboxylic acids is 1. The molecule has 1 rings (SSSR count). The van der Waals surface area contributed by atoms with Crippen molar-refractivity contribution in [2.45, 2.75) is 31.5 Å². The summed E-state index contributed by atoms with van der Waals surface area (Å²) in [5.41, 5.74) is 0.277. The van der Waals surface area contributed by atoms with Crippen molar-refractivity contribution in [2.24, 2.45) is 0 Å². The number of hydrogen-bond acceptors (Lipinski definition) is 2. The molecule has 0 aliphatic heterocycles. The fraction of sp³-hybridized carbons (Fsp3) is 0.462. The third kappa shape index (κ3) is 5.98. The molecule has 0 radical (unpaired) electrons. The molecule has 0 saturated heterocycles. The molecule has 0 aromatic heterocycles. The second kappa shape index (κ2) is 6.86. The molecule has 3 nitrogen and oxygen atoms in total. The molecular weight excluding hydrogens is 259 g/mol. The summed E-state index contributed by atoms with van der Waals surface area (Å²) >= 11 is 0. The predicted octanol–water partition coefficient (Wildman–Crippen LogP) is 1.14. The van der Waals surface area contributed by atoms with Crippen LogP contribution in [0.25, 0.3) is 0 Å². The summed E-state index contributed by atoms with van der Waals surface area (Å²) < 4.78 is 36.0. The van der Waals surface area contributed by atoms with Gasteiger partial charge in [-0.25, -0.2) is 0 Å². The summed E-state index contributed by atoms with van der Waals surface area (Å²) in [5.74, 6) is 8.45. The minimum atomic E-state index is -4.91. The number of nitrogens with one attached hydrogen (secondary N) is 1. The zero-order valence-electron chi connectivity index (χ0n) is 9.97. The van der Waals surface area contributed by atoms with E-state index in [0.717, 1.165) is 0 Å². The molecule has 0 aromatic rings. The van der Waals surface area contributed by atoms with E-state index in [-0.39, 0.29) is 12.1 Å². The zero-order valence-corrected chi connectivity index (χ0v) is 9.97. The molecule has 2 N–H and O–H groups in total. The first-order chi connectivity index (χ1) is 8.89. The zero-order chi connectivity index (χ0) is 14.3. The van der Waals surface area contributed by atoms with Gasteiger partial charge in [0, 0.05) is 18.1 Å². The van der Waals surface area contributed by atoms with Crippen molar-refractivity contribution in [1.82, 2.24) is 5.32 Å². The number of rotatable bonds is 2. The monoisotopic (exact) mass is 271 g/mol. The molecule has 0 heterocycles. The molecule has 0 spiro atoms. The summed E-state index contributed by atoms with van der Waals surface area (Å²) in [6.07, 6.45) is -2.68. The van der Waals surface area contributed by atoms with Gasteiger partial charge < -0.3 is 10.4 Å². The molecule has 1 atom stereocenters. The van der Waals surface area contributed by atoms with Crippen LogP contribution in [-0.4, -0.2) is 29.8 Å². The normalized spacial score (nSPS) is 21.9. The maximum Gasteiger partial charge on any atom is 0.471 e. The summed E-state index contributed by atoms with van der Waals surface area (Å²) in [5, 5.41) is 11.1. The highest BCUT2D eigenvalue weighted by Gasteiger charge is 2.38. The molecule has 1 aliphatic carbocycles. The maximum atomic E-state index is 12.0. The third-order valence-corrected chi connectivity index (χ3v) is 2.22. The van der Waals surface area contributed by atoms with E-state index >= 15 is 0 Å². The van der Waals surface area contributed by atoms with E-state index in [2.05, 4.69) is 23.7 Å². The van der Waals surface area contributed by atoms with Crippen molar-refractivity contribution in [3.05, 3.63) is 11.6 Å². The number of amides is 1. The number of carbonyl (C=O) groups is 1. The topological polar surface area (TPSA) is 49.3 Å². The Morgan fingerprint density at radius 1 is 1.53 bits per heavy atom. The SMILES string of the molecule is O=C(NC/C1=C/C#CC(O)CCCC#C1)C(F)(F)F. The van der Waals surface area contributed by atoms with E-state index in [1.165, 1.54) is 6.08 Å². The Kier molecular flexibility index (Phi) is 5.47. The molecule has 0 bridgehead atoms. The number of halogens is 3. The second-order valence-corrected chi connectivity index (χ2v) is 3.85. The molecule has 1 amide bonds. The van der Waals surface area contributed by atoms with Crippen molar-refractivity contribution in [3.63, 3.8) is 0 Å². The predicted molar refractivity (Wildman–Crippen MR) is 62.6 cm³/mol. The summed E-state index contributed by atoms with van der Waals surface area (Å²) in [6, 6.07) is 0. The molecule has 102 valence electrons. The Morgan fingerprint density at radius 3 is 2.95 bits per heavy atom. The van der Waals surface area contributed by atoms with Gasteiger partial charge in [0.2, 0.25) is 0 Å². The minimum Gasteiger partial charge on any atom is -0.380 e. The molecule has 0 aromatic carbocycles. The number of aliphatic hydroxyl groups excluding tert-OH is 1. The van der Waals surface area contributed by atoms with Crippen LogP contribution in [0.1, 0.15) is 19.3 Å². The van der Waals surface area contributed by atoms with Gasteiger partial charge in [-0.15, -0.1) is 0 Å². The standard InChI is InChI=1S/C13H12F3NO2/c14-13(15,16)12(19)17-9-10-5-2-1-3-7-11(18)8-4-6-10/h6,11,18H,1,3,7,9H2,(H,17,19)/b10-6+. The fourth-order valence-electron chi connectivity index (χ4n) is 1.26. The van der Waals surface area contributed by atoms with Crippen LogP contribution in [0.2, 0.25) is 0 Å². The van der Waals surface area contributed by atoms with Crippen LogP contribution in [0.4, 0.5) is 13.2 Å². The molecule has 0 saturated carbocycles. The molecule has 19 heavy (non-hydrogen) atoms. The highest BCUT2D eigenvalue weighted by molar-refractivity contribution is 5.82. The smallest absolute Gasteiger partial charge is 0.380 e. The molecule has 6 heteroatoms. The molecular formula is C13H12F3NO2. The minimum absolute atomic E-state index is 0.277. The molecule has 0 fully saturated rings. The maximum absolute atomic E-state index is 12.0. The lowest BCUT2D eigenvalue weighted by atomic mass is 10.1. The fourth-order valence-corrected chi connectivity index (χ4v) is 1.26. The summed E-state index contributed by atoms with van der Waals surface area (Å²) in [7, 11) is 0. The third-order valence-electron chi connectivity index (χ3n) is 2.22. The van der Waals surface area contributed by atoms with Gasteiger partial charge in [-0.3, -0.25) is 4.79 Å². The van der Waals surface area contributed by atoms with Gasteiger partial charge in [0.05, 0.1) is 6.54 Å². The average molecular weight is 271 g/mol. The van der Waals surface area contributed by atoms with Gasteiger partial charge in [0.25, 0.3) is 0 Å². The van der Waals surface area contributed by atoms with E-state index in [9.17, 15) is 23.1 Å². The van der Waals surface area contributed by atoms with E-state index < -0.39 is 18.2 Å². The lowest BCUT2D eigenvalue weighted by Crippen LogP contribution is -2.37. The molecule has 1 unspecified atom stereocenters. The van der Waals surface area contributed by atoms with Gasteiger partial charge in [0.15, 0.2) is 0 Å². The van der Waals surface area contributed by atoms with Crippen LogP contribution in [0, 0.1) is 23.7 Å². The van der Waals surface area contributed by atoms with Crippen LogP contribution in [0.15, 0.2) is 11.6 Å². The number of aliphatic hydroxyl groups is 1. The summed E-state index contributed by atoms with van der Waals surface area (Å²) in [4.78, 5) is 10.6. The van der Waals surface area contributed by atoms with E-state index in [1.807, 2.05) is 0 Å². The van der Waals surface area contributed by atoms with Crippen LogP contribution in [-0.2, 0) is 4.79 Å². The average Bonchev–Trinajstić information content (AvgIpc) is 2.33. The van der Waals surface area contributed by atoms with Gasteiger partial charge in [0.1, 0.15) is 6.10 Å². The van der Waals surface area contributed by atoms with Crippen LogP contribution in [0.3, 0.4) is 0 Å². The van der Waals surface area contributed by atoms with Crippen LogP contribution in [0.5, 0.6) is 0 Å².